The molecule has 0 aliphatic carbocycles. The highest BCUT2D eigenvalue weighted by Gasteiger charge is 2.20. The molecule has 90 valence electrons. The van der Waals surface area contributed by atoms with E-state index in [0.29, 0.717) is 0 Å². The van der Waals surface area contributed by atoms with Crippen LogP contribution in [0.4, 0.5) is 0 Å². The van der Waals surface area contributed by atoms with Gasteiger partial charge in [0, 0.05) is 11.2 Å². The van der Waals surface area contributed by atoms with Crippen LogP contribution in [0.15, 0.2) is 4.34 Å². The van der Waals surface area contributed by atoms with E-state index in [1.807, 2.05) is 20.8 Å². The monoisotopic (exact) mass is 258 g/mol. The smallest absolute Gasteiger partial charge is 0.170 e. The average Bonchev–Trinajstić information content (AvgIpc) is 2.59. The number of rotatable bonds is 6. The molecule has 1 heterocycles. The molecule has 0 aliphatic heterocycles. The maximum Gasteiger partial charge on any atom is 0.170 e. The summed E-state index contributed by atoms with van der Waals surface area (Å²) < 4.78 is 5.15. The van der Waals surface area contributed by atoms with Gasteiger partial charge in [0.1, 0.15) is 5.82 Å². The van der Waals surface area contributed by atoms with Crippen LogP contribution >= 0.6 is 23.3 Å². The van der Waals surface area contributed by atoms with Crippen LogP contribution < -0.4 is 5.73 Å². The fraction of sp³-hybridized carbons (Fsp3) is 0.700. The molecule has 0 saturated heterocycles. The van der Waals surface area contributed by atoms with Crippen molar-refractivity contribution in [3.63, 3.8) is 0 Å². The van der Waals surface area contributed by atoms with Gasteiger partial charge in [0.2, 0.25) is 0 Å². The Morgan fingerprint density at radius 1 is 1.56 bits per heavy atom. The third-order valence-corrected chi connectivity index (χ3v) is 4.42. The molecule has 0 fully saturated rings. The summed E-state index contributed by atoms with van der Waals surface area (Å²) in [5, 5.41) is 7.45. The van der Waals surface area contributed by atoms with E-state index in [4.69, 9.17) is 11.1 Å². The summed E-state index contributed by atoms with van der Waals surface area (Å²) in [6.07, 6.45) is 1.98. The Kier molecular flexibility index (Phi) is 4.73. The molecule has 4 nitrogen and oxygen atoms in total. The molecule has 0 bridgehead atoms. The van der Waals surface area contributed by atoms with Crippen molar-refractivity contribution in [3.05, 3.63) is 5.82 Å². The largest absolute Gasteiger partial charge is 0.387 e. The molecule has 1 aromatic rings. The number of aromatic nitrogens is 2. The number of thioether (sulfide) groups is 1. The van der Waals surface area contributed by atoms with Crippen molar-refractivity contribution in [2.75, 3.05) is 5.75 Å². The predicted octanol–water partition coefficient (Wildman–Crippen LogP) is 2.68. The van der Waals surface area contributed by atoms with Gasteiger partial charge in [-0.05, 0) is 31.3 Å². The van der Waals surface area contributed by atoms with E-state index in [9.17, 15) is 0 Å². The van der Waals surface area contributed by atoms with E-state index in [1.165, 1.54) is 11.5 Å². The third kappa shape index (κ3) is 4.09. The third-order valence-electron chi connectivity index (χ3n) is 2.41. The molecule has 1 aromatic heterocycles. The summed E-state index contributed by atoms with van der Waals surface area (Å²) in [5.41, 5.74) is 5.34. The standard InChI is InChI=1S/C10H18N4S2/c1-7-13-9(16-14-7)15-6-4-5-10(2,3)8(11)12/h4-6H2,1-3H3,(H3,11,12). The molecular formula is C10H18N4S2. The number of amidine groups is 1. The van der Waals surface area contributed by atoms with Crippen molar-refractivity contribution < 1.29 is 0 Å². The van der Waals surface area contributed by atoms with Crippen molar-refractivity contribution in [1.29, 1.82) is 5.41 Å². The minimum atomic E-state index is -0.183. The molecule has 0 radical (unpaired) electrons. The average molecular weight is 258 g/mol. The van der Waals surface area contributed by atoms with Gasteiger partial charge in [0.05, 0.1) is 5.84 Å². The summed E-state index contributed by atoms with van der Waals surface area (Å²) in [6, 6.07) is 0. The highest BCUT2D eigenvalue weighted by Crippen LogP contribution is 2.26. The molecule has 0 aromatic carbocycles. The number of nitrogens with zero attached hydrogens (tertiary/aromatic N) is 2. The number of hydrogen-bond donors (Lipinski definition) is 2. The van der Waals surface area contributed by atoms with E-state index in [-0.39, 0.29) is 11.3 Å². The van der Waals surface area contributed by atoms with E-state index in [0.717, 1.165) is 28.8 Å². The minimum Gasteiger partial charge on any atom is -0.387 e. The molecule has 0 unspecified atom stereocenters. The molecule has 0 saturated carbocycles. The Labute approximate surface area is 105 Å². The van der Waals surface area contributed by atoms with Crippen LogP contribution in [0.1, 0.15) is 32.5 Å². The van der Waals surface area contributed by atoms with Crippen molar-refractivity contribution in [1.82, 2.24) is 9.36 Å². The van der Waals surface area contributed by atoms with Gasteiger partial charge in [-0.3, -0.25) is 5.41 Å². The lowest BCUT2D eigenvalue weighted by Gasteiger charge is -2.22. The molecule has 0 aliphatic rings. The number of hydrogen-bond acceptors (Lipinski definition) is 5. The van der Waals surface area contributed by atoms with E-state index in [1.54, 1.807) is 11.8 Å². The van der Waals surface area contributed by atoms with Crippen LogP contribution in [0.5, 0.6) is 0 Å². The zero-order valence-electron chi connectivity index (χ0n) is 9.91. The van der Waals surface area contributed by atoms with Gasteiger partial charge in [-0.15, -0.1) is 0 Å². The fourth-order valence-electron chi connectivity index (χ4n) is 1.14. The summed E-state index contributed by atoms with van der Waals surface area (Å²) in [4.78, 5) is 4.28. The van der Waals surface area contributed by atoms with Crippen molar-refractivity contribution >= 4 is 29.1 Å². The van der Waals surface area contributed by atoms with Gasteiger partial charge in [-0.25, -0.2) is 4.98 Å². The van der Waals surface area contributed by atoms with Crippen LogP contribution in [0.25, 0.3) is 0 Å². The molecule has 3 N–H and O–H groups in total. The van der Waals surface area contributed by atoms with E-state index in [2.05, 4.69) is 9.36 Å². The highest BCUT2D eigenvalue weighted by atomic mass is 32.2. The van der Waals surface area contributed by atoms with Crippen LogP contribution in [0, 0.1) is 17.7 Å². The lowest BCUT2D eigenvalue weighted by atomic mass is 9.87. The van der Waals surface area contributed by atoms with E-state index < -0.39 is 0 Å². The van der Waals surface area contributed by atoms with Gasteiger partial charge in [-0.2, -0.15) is 4.37 Å². The fourth-order valence-corrected chi connectivity index (χ4v) is 2.80. The van der Waals surface area contributed by atoms with Crippen LogP contribution in [-0.4, -0.2) is 20.9 Å². The number of nitrogens with one attached hydrogen (secondary N) is 1. The molecule has 0 amide bonds. The first kappa shape index (κ1) is 13.4. The lowest BCUT2D eigenvalue weighted by Crippen LogP contribution is -2.30. The Morgan fingerprint density at radius 2 is 2.25 bits per heavy atom. The van der Waals surface area contributed by atoms with Crippen molar-refractivity contribution in [2.24, 2.45) is 11.1 Å². The number of nitrogens with two attached hydrogens (primary N) is 1. The molecule has 0 spiro atoms. The quantitative estimate of drug-likeness (QED) is 0.356. The Morgan fingerprint density at radius 3 is 2.75 bits per heavy atom. The summed E-state index contributed by atoms with van der Waals surface area (Å²) in [6.45, 7) is 5.92. The van der Waals surface area contributed by atoms with E-state index >= 15 is 0 Å². The second-order valence-corrected chi connectivity index (χ2v) is 6.45. The minimum absolute atomic E-state index is 0.183. The topological polar surface area (TPSA) is 75.7 Å². The zero-order chi connectivity index (χ0) is 12.2. The summed E-state index contributed by atoms with van der Waals surface area (Å²) in [7, 11) is 0. The second kappa shape index (κ2) is 5.63. The lowest BCUT2D eigenvalue weighted by molar-refractivity contribution is 0.464. The highest BCUT2D eigenvalue weighted by molar-refractivity contribution is 8.00. The Bertz CT molecular complexity index is 359. The SMILES string of the molecule is Cc1nsc(SCCCC(C)(C)C(=N)N)n1. The van der Waals surface area contributed by atoms with Crippen molar-refractivity contribution in [3.8, 4) is 0 Å². The zero-order valence-corrected chi connectivity index (χ0v) is 11.5. The maximum atomic E-state index is 7.45. The van der Waals surface area contributed by atoms with Gasteiger partial charge in [0.15, 0.2) is 4.34 Å². The first-order valence-electron chi connectivity index (χ1n) is 5.19. The van der Waals surface area contributed by atoms with Gasteiger partial charge >= 0.3 is 0 Å². The number of aryl methyl sites for hydroxylation is 1. The van der Waals surface area contributed by atoms with Crippen LogP contribution in [-0.2, 0) is 0 Å². The summed E-state index contributed by atoms with van der Waals surface area (Å²) >= 11 is 3.18. The van der Waals surface area contributed by atoms with Gasteiger partial charge in [-0.1, -0.05) is 25.6 Å². The van der Waals surface area contributed by atoms with Gasteiger partial charge < -0.3 is 5.73 Å². The first-order chi connectivity index (χ1) is 7.42. The Hall–Kier alpha value is -0.620. The molecular weight excluding hydrogens is 240 g/mol. The second-order valence-electron chi connectivity index (χ2n) is 4.36. The molecule has 16 heavy (non-hydrogen) atoms. The van der Waals surface area contributed by atoms with Crippen molar-refractivity contribution in [2.45, 2.75) is 38.0 Å². The van der Waals surface area contributed by atoms with Crippen LogP contribution in [0.3, 0.4) is 0 Å². The molecule has 0 atom stereocenters. The first-order valence-corrected chi connectivity index (χ1v) is 6.95. The summed E-state index contributed by atoms with van der Waals surface area (Å²) in [5.74, 6) is 2.12. The molecule has 1 rings (SSSR count). The van der Waals surface area contributed by atoms with Gasteiger partial charge in [0.25, 0.3) is 0 Å². The normalized spacial score (nSPS) is 11.7. The predicted molar refractivity (Wildman–Crippen MR) is 70.3 cm³/mol. The maximum absolute atomic E-state index is 7.45. The molecule has 6 heteroatoms. The van der Waals surface area contributed by atoms with Crippen LogP contribution in [0.2, 0.25) is 0 Å². The Balaban J connectivity index is 2.24.